The van der Waals surface area contributed by atoms with Crippen molar-refractivity contribution in [2.24, 2.45) is 0 Å². The molecule has 2 heterocycles. The van der Waals surface area contributed by atoms with E-state index in [-0.39, 0.29) is 0 Å². The lowest BCUT2D eigenvalue weighted by Crippen LogP contribution is -2.30. The van der Waals surface area contributed by atoms with Crippen LogP contribution in [0.4, 0.5) is 5.69 Å². The van der Waals surface area contributed by atoms with Gasteiger partial charge >= 0.3 is 5.97 Å². The number of ether oxygens (including phenoxy) is 1. The van der Waals surface area contributed by atoms with E-state index in [1.54, 1.807) is 19.3 Å². The fourth-order valence-electron chi connectivity index (χ4n) is 3.78. The summed E-state index contributed by atoms with van der Waals surface area (Å²) in [4.78, 5) is 25.7. The Morgan fingerprint density at radius 2 is 1.73 bits per heavy atom. The monoisotopic (exact) mass is 442 g/mol. The van der Waals surface area contributed by atoms with E-state index in [1.807, 2.05) is 85.1 Å². The summed E-state index contributed by atoms with van der Waals surface area (Å²) in [6.45, 7) is 5.86. The summed E-state index contributed by atoms with van der Waals surface area (Å²) in [6, 6.07) is 22.8. The quantitative estimate of drug-likeness (QED) is 0.378. The molecule has 0 aliphatic carbocycles. The number of carbonyl (C=O) groups is 2. The molecule has 1 atom stereocenters. The Hall–Kier alpha value is -4.06. The highest BCUT2D eigenvalue weighted by atomic mass is 16.5. The number of esters is 1. The topological polar surface area (TPSA) is 73.5 Å². The fourth-order valence-corrected chi connectivity index (χ4v) is 3.78. The number of aromatic nitrogens is 1. The maximum absolute atomic E-state index is 12.9. The van der Waals surface area contributed by atoms with Crippen molar-refractivity contribution >= 4 is 17.6 Å². The molecular weight excluding hydrogens is 416 g/mol. The predicted molar refractivity (Wildman–Crippen MR) is 127 cm³/mol. The molecule has 0 saturated heterocycles. The molecule has 0 saturated carbocycles. The molecule has 1 unspecified atom stereocenters. The molecule has 4 rings (SSSR count). The van der Waals surface area contributed by atoms with Crippen molar-refractivity contribution in [1.29, 1.82) is 0 Å². The first-order chi connectivity index (χ1) is 15.9. The summed E-state index contributed by atoms with van der Waals surface area (Å²) in [6.07, 6.45) is 0.656. The standard InChI is InChI=1S/C27H26N2O4/c1-18-16-24(19(2)29(18)17-22-12-9-15-32-22)27(31)33-20(3)26(30)28-25-14-8-7-13-23(25)21-10-5-4-6-11-21/h4-16,20H,17H2,1-3H3,(H,28,30). The normalized spacial score (nSPS) is 11.7. The molecule has 4 aromatic rings. The lowest BCUT2D eigenvalue weighted by atomic mass is 10.0. The highest BCUT2D eigenvalue weighted by molar-refractivity contribution is 6.00. The van der Waals surface area contributed by atoms with Crippen LogP contribution >= 0.6 is 0 Å². The fraction of sp³-hybridized carbons (Fsp3) is 0.185. The van der Waals surface area contributed by atoms with Gasteiger partial charge in [-0.25, -0.2) is 4.79 Å². The van der Waals surface area contributed by atoms with Crippen LogP contribution in [0.2, 0.25) is 0 Å². The number of para-hydroxylation sites is 1. The number of amides is 1. The van der Waals surface area contributed by atoms with E-state index >= 15 is 0 Å². The molecule has 2 aromatic carbocycles. The molecule has 6 nitrogen and oxygen atoms in total. The zero-order valence-electron chi connectivity index (χ0n) is 18.9. The summed E-state index contributed by atoms with van der Waals surface area (Å²) < 4.78 is 12.9. The molecule has 0 fully saturated rings. The lowest BCUT2D eigenvalue weighted by molar-refractivity contribution is -0.123. The number of aryl methyl sites for hydroxylation is 1. The Bertz CT molecular complexity index is 1260. The molecule has 1 N–H and O–H groups in total. The van der Waals surface area contributed by atoms with Crippen LogP contribution in [0.1, 0.15) is 34.4 Å². The number of hydrogen-bond acceptors (Lipinski definition) is 4. The number of furan rings is 1. The van der Waals surface area contributed by atoms with Gasteiger partial charge in [-0.3, -0.25) is 4.79 Å². The van der Waals surface area contributed by atoms with Crippen LogP contribution < -0.4 is 5.32 Å². The van der Waals surface area contributed by atoms with Crippen LogP contribution in [0, 0.1) is 13.8 Å². The highest BCUT2D eigenvalue weighted by Crippen LogP contribution is 2.28. The molecule has 33 heavy (non-hydrogen) atoms. The van der Waals surface area contributed by atoms with Crippen LogP contribution in [0.3, 0.4) is 0 Å². The molecule has 168 valence electrons. The second-order valence-electron chi connectivity index (χ2n) is 7.90. The van der Waals surface area contributed by atoms with Crippen LogP contribution in [0.15, 0.2) is 83.5 Å². The number of nitrogens with zero attached hydrogens (tertiary/aromatic N) is 1. The first-order valence-electron chi connectivity index (χ1n) is 10.8. The maximum Gasteiger partial charge on any atom is 0.340 e. The maximum atomic E-state index is 12.9. The van der Waals surface area contributed by atoms with Gasteiger partial charge in [-0.15, -0.1) is 0 Å². The zero-order valence-corrected chi connectivity index (χ0v) is 18.9. The smallest absolute Gasteiger partial charge is 0.340 e. The molecule has 0 aliphatic heterocycles. The van der Waals surface area contributed by atoms with E-state index in [1.165, 1.54) is 0 Å². The molecular formula is C27H26N2O4. The Balaban J connectivity index is 1.46. The van der Waals surface area contributed by atoms with Crippen LogP contribution in [0.5, 0.6) is 0 Å². The van der Waals surface area contributed by atoms with Crippen molar-refractivity contribution in [2.45, 2.75) is 33.4 Å². The SMILES string of the molecule is Cc1cc(C(=O)OC(C)C(=O)Nc2ccccc2-c2ccccc2)c(C)n1Cc1ccco1. The molecule has 0 aliphatic rings. The van der Waals surface area contributed by atoms with Crippen molar-refractivity contribution in [3.05, 3.63) is 102 Å². The van der Waals surface area contributed by atoms with E-state index in [2.05, 4.69) is 5.32 Å². The molecule has 0 spiro atoms. The molecule has 6 heteroatoms. The largest absolute Gasteiger partial charge is 0.467 e. The third-order valence-corrected chi connectivity index (χ3v) is 5.61. The van der Waals surface area contributed by atoms with Crippen LogP contribution in [-0.4, -0.2) is 22.5 Å². The summed E-state index contributed by atoms with van der Waals surface area (Å²) in [5.41, 5.74) is 4.64. The van der Waals surface area contributed by atoms with Crippen molar-refractivity contribution in [3.63, 3.8) is 0 Å². The number of benzene rings is 2. The number of carbonyl (C=O) groups excluding carboxylic acids is 2. The highest BCUT2D eigenvalue weighted by Gasteiger charge is 2.23. The number of anilines is 1. The Labute approximate surface area is 192 Å². The van der Waals surface area contributed by atoms with Gasteiger partial charge < -0.3 is 19.0 Å². The summed E-state index contributed by atoms with van der Waals surface area (Å²) in [5, 5.41) is 2.89. The van der Waals surface area contributed by atoms with E-state index in [0.29, 0.717) is 17.8 Å². The van der Waals surface area contributed by atoms with Gasteiger partial charge in [0.2, 0.25) is 0 Å². The number of hydrogen-bond donors (Lipinski definition) is 1. The van der Waals surface area contributed by atoms with Gasteiger partial charge in [0.25, 0.3) is 5.91 Å². The van der Waals surface area contributed by atoms with Gasteiger partial charge in [0.15, 0.2) is 6.10 Å². The Kier molecular flexibility index (Phi) is 6.45. The molecule has 0 bridgehead atoms. The second kappa shape index (κ2) is 9.61. The molecule has 2 aromatic heterocycles. The Morgan fingerprint density at radius 1 is 1.00 bits per heavy atom. The van der Waals surface area contributed by atoms with Gasteiger partial charge in [-0.05, 0) is 50.6 Å². The average molecular weight is 443 g/mol. The molecule has 0 radical (unpaired) electrons. The Morgan fingerprint density at radius 3 is 2.45 bits per heavy atom. The van der Waals surface area contributed by atoms with Crippen molar-refractivity contribution in [3.8, 4) is 11.1 Å². The van der Waals surface area contributed by atoms with Crippen molar-refractivity contribution in [1.82, 2.24) is 4.57 Å². The van der Waals surface area contributed by atoms with Crippen molar-refractivity contribution in [2.75, 3.05) is 5.32 Å². The van der Waals surface area contributed by atoms with Crippen LogP contribution in [-0.2, 0) is 16.1 Å². The number of nitrogens with one attached hydrogen (secondary N) is 1. The minimum atomic E-state index is -0.963. The third-order valence-electron chi connectivity index (χ3n) is 5.61. The lowest BCUT2D eigenvalue weighted by Gasteiger charge is -2.16. The third kappa shape index (κ3) is 4.90. The van der Waals surface area contributed by atoms with E-state index < -0.39 is 18.0 Å². The van der Waals surface area contributed by atoms with E-state index in [0.717, 1.165) is 28.3 Å². The van der Waals surface area contributed by atoms with Gasteiger partial charge in [0.1, 0.15) is 5.76 Å². The van der Waals surface area contributed by atoms with Crippen LogP contribution in [0.25, 0.3) is 11.1 Å². The average Bonchev–Trinajstić information content (AvgIpc) is 3.44. The van der Waals surface area contributed by atoms with E-state index in [4.69, 9.17) is 9.15 Å². The number of rotatable bonds is 7. The van der Waals surface area contributed by atoms with Gasteiger partial charge in [0, 0.05) is 22.6 Å². The first kappa shape index (κ1) is 22.1. The van der Waals surface area contributed by atoms with Gasteiger partial charge in [-0.2, -0.15) is 0 Å². The van der Waals surface area contributed by atoms with Crippen molar-refractivity contribution < 1.29 is 18.7 Å². The summed E-state index contributed by atoms with van der Waals surface area (Å²) in [7, 11) is 0. The summed E-state index contributed by atoms with van der Waals surface area (Å²) >= 11 is 0. The zero-order chi connectivity index (χ0) is 23.4. The molecule has 1 amide bonds. The summed E-state index contributed by atoms with van der Waals surface area (Å²) in [5.74, 6) is -0.134. The second-order valence-corrected chi connectivity index (χ2v) is 7.90. The first-order valence-corrected chi connectivity index (χ1v) is 10.8. The predicted octanol–water partition coefficient (Wildman–Crippen LogP) is 5.60. The minimum Gasteiger partial charge on any atom is -0.467 e. The van der Waals surface area contributed by atoms with E-state index in [9.17, 15) is 9.59 Å². The van der Waals surface area contributed by atoms with Gasteiger partial charge in [0.05, 0.1) is 18.4 Å². The minimum absolute atomic E-state index is 0.392. The van der Waals surface area contributed by atoms with Gasteiger partial charge in [-0.1, -0.05) is 48.5 Å².